The van der Waals surface area contributed by atoms with E-state index in [4.69, 9.17) is 5.84 Å². The molecule has 0 fully saturated rings. The molecule has 2 aromatic rings. The summed E-state index contributed by atoms with van der Waals surface area (Å²) in [4.78, 5) is 11.3. The third kappa shape index (κ3) is 2.57. The molecule has 0 saturated carbocycles. The Hall–Kier alpha value is -2.13. The Morgan fingerprint density at radius 1 is 1.00 bits per heavy atom. The van der Waals surface area contributed by atoms with Gasteiger partial charge in [-0.1, -0.05) is 43.3 Å². The second-order valence-electron chi connectivity index (χ2n) is 4.10. The predicted molar refractivity (Wildman–Crippen MR) is 72.9 cm³/mol. The number of rotatable bonds is 3. The molecule has 18 heavy (non-hydrogen) atoms. The molecule has 3 heteroatoms. The van der Waals surface area contributed by atoms with Crippen molar-refractivity contribution in [2.24, 2.45) is 5.84 Å². The average Bonchev–Trinajstić information content (AvgIpc) is 2.47. The van der Waals surface area contributed by atoms with Gasteiger partial charge in [0.15, 0.2) is 0 Å². The van der Waals surface area contributed by atoms with E-state index in [2.05, 4.69) is 36.6 Å². The third-order valence-electron chi connectivity index (χ3n) is 2.97. The van der Waals surface area contributed by atoms with Crippen molar-refractivity contribution in [3.05, 3.63) is 59.7 Å². The quantitative estimate of drug-likeness (QED) is 0.492. The molecule has 0 saturated heterocycles. The molecule has 0 unspecified atom stereocenters. The first-order valence-electron chi connectivity index (χ1n) is 5.95. The van der Waals surface area contributed by atoms with Gasteiger partial charge in [0.25, 0.3) is 5.91 Å². The maximum absolute atomic E-state index is 11.3. The highest BCUT2D eigenvalue weighted by Gasteiger charge is 2.03. The Morgan fingerprint density at radius 2 is 1.50 bits per heavy atom. The maximum Gasteiger partial charge on any atom is 0.265 e. The van der Waals surface area contributed by atoms with E-state index in [1.165, 1.54) is 5.56 Å². The van der Waals surface area contributed by atoms with Gasteiger partial charge in [-0.15, -0.1) is 0 Å². The lowest BCUT2D eigenvalue weighted by Gasteiger charge is -2.04. The molecule has 3 nitrogen and oxygen atoms in total. The monoisotopic (exact) mass is 240 g/mol. The molecule has 0 aliphatic carbocycles. The zero-order valence-corrected chi connectivity index (χ0v) is 10.3. The van der Waals surface area contributed by atoms with Crippen molar-refractivity contribution < 1.29 is 4.79 Å². The minimum Gasteiger partial charge on any atom is -0.290 e. The van der Waals surface area contributed by atoms with Crippen LogP contribution in [0.25, 0.3) is 11.1 Å². The molecule has 2 aromatic carbocycles. The summed E-state index contributed by atoms with van der Waals surface area (Å²) in [5.41, 5.74) is 6.23. The van der Waals surface area contributed by atoms with Crippen molar-refractivity contribution >= 4 is 5.91 Å². The van der Waals surface area contributed by atoms with E-state index in [9.17, 15) is 4.79 Å². The molecule has 0 heterocycles. The summed E-state index contributed by atoms with van der Waals surface area (Å²) in [7, 11) is 0. The van der Waals surface area contributed by atoms with Gasteiger partial charge in [-0.2, -0.15) is 0 Å². The molecule has 0 spiro atoms. The van der Waals surface area contributed by atoms with Gasteiger partial charge < -0.3 is 0 Å². The number of hydrazine groups is 1. The first kappa shape index (κ1) is 12.3. The molecule has 2 rings (SSSR count). The zero-order valence-electron chi connectivity index (χ0n) is 10.3. The van der Waals surface area contributed by atoms with E-state index in [1.807, 2.05) is 12.1 Å². The smallest absolute Gasteiger partial charge is 0.265 e. The van der Waals surface area contributed by atoms with Crippen LogP contribution in [0, 0.1) is 0 Å². The van der Waals surface area contributed by atoms with Crippen LogP contribution < -0.4 is 11.3 Å². The molecule has 3 N–H and O–H groups in total. The number of nitrogen functional groups attached to an aromatic ring is 1. The highest BCUT2D eigenvalue weighted by molar-refractivity contribution is 5.94. The van der Waals surface area contributed by atoms with Gasteiger partial charge in [-0.05, 0) is 35.2 Å². The van der Waals surface area contributed by atoms with Crippen LogP contribution in [0.2, 0.25) is 0 Å². The Balaban J connectivity index is 2.25. The largest absolute Gasteiger partial charge is 0.290 e. The summed E-state index contributed by atoms with van der Waals surface area (Å²) in [6.07, 6.45) is 1.04. The van der Waals surface area contributed by atoms with E-state index in [1.54, 1.807) is 12.1 Å². The van der Waals surface area contributed by atoms with Gasteiger partial charge in [0.1, 0.15) is 0 Å². The maximum atomic E-state index is 11.3. The zero-order chi connectivity index (χ0) is 13.0. The summed E-state index contributed by atoms with van der Waals surface area (Å²) >= 11 is 0. The lowest BCUT2D eigenvalue weighted by Crippen LogP contribution is -2.29. The average molecular weight is 240 g/mol. The molecule has 0 bridgehead atoms. The Labute approximate surface area is 107 Å². The Kier molecular flexibility index (Phi) is 3.75. The van der Waals surface area contributed by atoms with Crippen molar-refractivity contribution in [2.45, 2.75) is 13.3 Å². The second kappa shape index (κ2) is 5.47. The van der Waals surface area contributed by atoms with Crippen molar-refractivity contribution in [1.29, 1.82) is 0 Å². The van der Waals surface area contributed by atoms with Gasteiger partial charge in [0.05, 0.1) is 0 Å². The number of nitrogens with two attached hydrogens (primary N) is 1. The van der Waals surface area contributed by atoms with E-state index < -0.39 is 0 Å². The molecular weight excluding hydrogens is 224 g/mol. The minimum absolute atomic E-state index is 0.275. The first-order valence-corrected chi connectivity index (χ1v) is 5.95. The van der Waals surface area contributed by atoms with E-state index in [0.29, 0.717) is 5.56 Å². The van der Waals surface area contributed by atoms with Crippen LogP contribution in [-0.2, 0) is 6.42 Å². The van der Waals surface area contributed by atoms with Crippen LogP contribution in [-0.4, -0.2) is 5.91 Å². The van der Waals surface area contributed by atoms with Crippen LogP contribution in [0.4, 0.5) is 0 Å². The van der Waals surface area contributed by atoms with Crippen LogP contribution in [0.5, 0.6) is 0 Å². The van der Waals surface area contributed by atoms with Crippen molar-refractivity contribution in [1.82, 2.24) is 5.43 Å². The van der Waals surface area contributed by atoms with Gasteiger partial charge in [0.2, 0.25) is 0 Å². The molecule has 0 aliphatic rings. The van der Waals surface area contributed by atoms with Crippen molar-refractivity contribution in [3.63, 3.8) is 0 Å². The van der Waals surface area contributed by atoms with E-state index in [-0.39, 0.29) is 5.91 Å². The molecule has 0 radical (unpaired) electrons. The predicted octanol–water partition coefficient (Wildman–Crippen LogP) is 2.52. The van der Waals surface area contributed by atoms with Crippen LogP contribution in [0.15, 0.2) is 48.5 Å². The summed E-state index contributed by atoms with van der Waals surface area (Å²) in [6, 6.07) is 15.8. The molecule has 0 aromatic heterocycles. The highest BCUT2D eigenvalue weighted by atomic mass is 16.2. The SMILES string of the molecule is CCc1ccc(-c2ccc(C(=O)NN)cc2)cc1. The number of hydrogen-bond donors (Lipinski definition) is 2. The van der Waals surface area contributed by atoms with Gasteiger partial charge >= 0.3 is 0 Å². The number of carbonyl (C=O) groups is 1. The fourth-order valence-corrected chi connectivity index (χ4v) is 1.83. The molecule has 1 amide bonds. The third-order valence-corrected chi connectivity index (χ3v) is 2.97. The van der Waals surface area contributed by atoms with Crippen LogP contribution >= 0.6 is 0 Å². The van der Waals surface area contributed by atoms with E-state index in [0.717, 1.165) is 17.5 Å². The summed E-state index contributed by atoms with van der Waals surface area (Å²) < 4.78 is 0. The van der Waals surface area contributed by atoms with Crippen LogP contribution in [0.1, 0.15) is 22.8 Å². The molecule has 92 valence electrons. The highest BCUT2D eigenvalue weighted by Crippen LogP contribution is 2.20. The van der Waals surface area contributed by atoms with Gasteiger partial charge in [-0.3, -0.25) is 10.2 Å². The summed E-state index contributed by atoms with van der Waals surface area (Å²) in [5, 5.41) is 0. The van der Waals surface area contributed by atoms with E-state index >= 15 is 0 Å². The number of nitrogens with one attached hydrogen (secondary N) is 1. The summed E-state index contributed by atoms with van der Waals surface area (Å²) in [6.45, 7) is 2.13. The van der Waals surface area contributed by atoms with Crippen molar-refractivity contribution in [3.8, 4) is 11.1 Å². The number of benzene rings is 2. The van der Waals surface area contributed by atoms with Crippen LogP contribution in [0.3, 0.4) is 0 Å². The normalized spacial score (nSPS) is 10.1. The number of aryl methyl sites for hydroxylation is 1. The fourth-order valence-electron chi connectivity index (χ4n) is 1.83. The van der Waals surface area contributed by atoms with Gasteiger partial charge in [-0.25, -0.2) is 5.84 Å². The molecular formula is C15H16N2O. The van der Waals surface area contributed by atoms with Gasteiger partial charge in [0, 0.05) is 5.56 Å². The Morgan fingerprint density at radius 3 is 1.94 bits per heavy atom. The van der Waals surface area contributed by atoms with Crippen molar-refractivity contribution in [2.75, 3.05) is 0 Å². The number of amides is 1. The first-order chi connectivity index (χ1) is 8.74. The lowest BCUT2D eigenvalue weighted by molar-refractivity contribution is 0.0953. The Bertz CT molecular complexity index is 529. The standard InChI is InChI=1S/C15H16N2O/c1-2-11-3-5-12(6-4-11)13-7-9-14(10-8-13)15(18)17-16/h3-10H,2,16H2,1H3,(H,17,18). The second-order valence-corrected chi connectivity index (χ2v) is 4.10. The lowest BCUT2D eigenvalue weighted by atomic mass is 10.0. The number of carbonyl (C=O) groups excluding carboxylic acids is 1. The molecule has 0 aliphatic heterocycles. The number of hydrogen-bond acceptors (Lipinski definition) is 2. The molecule has 0 atom stereocenters. The topological polar surface area (TPSA) is 55.1 Å². The fraction of sp³-hybridized carbons (Fsp3) is 0.133. The summed E-state index contributed by atoms with van der Waals surface area (Å²) in [5.74, 6) is 4.81. The minimum atomic E-state index is -0.275.